The molecule has 0 saturated carbocycles. The molecule has 0 spiro atoms. The van der Waals surface area contributed by atoms with E-state index in [-0.39, 0.29) is 5.56 Å². The van der Waals surface area contributed by atoms with Gasteiger partial charge in [-0.1, -0.05) is 25.8 Å². The molecule has 0 atom stereocenters. The van der Waals surface area contributed by atoms with Crippen molar-refractivity contribution >= 4 is 5.97 Å². The second-order valence-corrected chi connectivity index (χ2v) is 5.05. The number of hydrogen-bond acceptors (Lipinski definition) is 3. The first-order valence-corrected chi connectivity index (χ1v) is 7.28. The fraction of sp³-hybridized carbons (Fsp3) is 0.562. The van der Waals surface area contributed by atoms with Crippen molar-refractivity contribution in [3.8, 4) is 5.75 Å². The predicted molar refractivity (Wildman–Crippen MR) is 80.5 cm³/mol. The lowest BCUT2D eigenvalue weighted by molar-refractivity contribution is 0.0696. The summed E-state index contributed by atoms with van der Waals surface area (Å²) in [6, 6.07) is 6.62. The molecule has 20 heavy (non-hydrogen) atoms. The Bertz CT molecular complexity index is 406. The second-order valence-electron chi connectivity index (χ2n) is 5.05. The Kier molecular flexibility index (Phi) is 7.73. The number of aromatic carboxylic acids is 1. The van der Waals surface area contributed by atoms with Crippen LogP contribution < -0.4 is 4.74 Å². The molecule has 1 rings (SSSR count). The van der Waals surface area contributed by atoms with Crippen LogP contribution in [0.1, 0.15) is 43.0 Å². The maximum absolute atomic E-state index is 10.8. The quantitative estimate of drug-likeness (QED) is 0.668. The summed E-state index contributed by atoms with van der Waals surface area (Å²) in [6.07, 6.45) is 4.72. The molecule has 0 amide bonds. The van der Waals surface area contributed by atoms with E-state index < -0.39 is 5.97 Å². The summed E-state index contributed by atoms with van der Waals surface area (Å²) in [6.45, 7) is 4.95. The highest BCUT2D eigenvalue weighted by Crippen LogP contribution is 2.13. The van der Waals surface area contributed by atoms with E-state index >= 15 is 0 Å². The molecule has 0 aliphatic rings. The number of carbonyl (C=O) groups is 1. The maximum Gasteiger partial charge on any atom is 0.335 e. The number of ether oxygens (including phenoxy) is 1. The third-order valence-corrected chi connectivity index (χ3v) is 3.18. The lowest BCUT2D eigenvalue weighted by Gasteiger charge is -2.16. The SMILES string of the molecule is CCCCCN(C)CCCOc1cccc(C(=O)O)c1. The molecule has 1 aromatic rings. The van der Waals surface area contributed by atoms with Gasteiger partial charge in [-0.2, -0.15) is 0 Å². The van der Waals surface area contributed by atoms with Gasteiger partial charge in [0.15, 0.2) is 0 Å². The summed E-state index contributed by atoms with van der Waals surface area (Å²) >= 11 is 0. The number of carboxylic acid groups (broad SMARTS) is 1. The van der Waals surface area contributed by atoms with E-state index in [0.717, 1.165) is 19.5 Å². The van der Waals surface area contributed by atoms with Crippen LogP contribution in [-0.2, 0) is 0 Å². The second kappa shape index (κ2) is 9.37. The molecule has 0 bridgehead atoms. The Morgan fingerprint density at radius 1 is 1.25 bits per heavy atom. The number of unbranched alkanes of at least 4 members (excludes halogenated alkanes) is 2. The molecule has 0 aliphatic carbocycles. The topological polar surface area (TPSA) is 49.8 Å². The largest absolute Gasteiger partial charge is 0.494 e. The van der Waals surface area contributed by atoms with Crippen LogP contribution in [0.15, 0.2) is 24.3 Å². The van der Waals surface area contributed by atoms with E-state index in [1.165, 1.54) is 19.3 Å². The molecular weight excluding hydrogens is 254 g/mol. The molecule has 4 heteroatoms. The normalized spacial score (nSPS) is 10.8. The van der Waals surface area contributed by atoms with Crippen molar-refractivity contribution < 1.29 is 14.6 Å². The fourth-order valence-corrected chi connectivity index (χ4v) is 1.99. The summed E-state index contributed by atoms with van der Waals surface area (Å²) in [4.78, 5) is 13.1. The third-order valence-electron chi connectivity index (χ3n) is 3.18. The Balaban J connectivity index is 2.20. The number of benzene rings is 1. The van der Waals surface area contributed by atoms with Crippen LogP contribution in [0.25, 0.3) is 0 Å². The van der Waals surface area contributed by atoms with E-state index in [1.54, 1.807) is 24.3 Å². The zero-order valence-electron chi connectivity index (χ0n) is 12.5. The van der Waals surface area contributed by atoms with Crippen molar-refractivity contribution in [3.05, 3.63) is 29.8 Å². The molecule has 0 unspecified atom stereocenters. The summed E-state index contributed by atoms with van der Waals surface area (Å²) < 4.78 is 5.58. The highest BCUT2D eigenvalue weighted by molar-refractivity contribution is 5.87. The summed E-state index contributed by atoms with van der Waals surface area (Å²) in [5.74, 6) is -0.301. The van der Waals surface area contributed by atoms with Gasteiger partial charge in [0.2, 0.25) is 0 Å². The number of hydrogen-bond donors (Lipinski definition) is 1. The minimum atomic E-state index is -0.925. The van der Waals surface area contributed by atoms with Gasteiger partial charge >= 0.3 is 5.97 Å². The van der Waals surface area contributed by atoms with Gasteiger partial charge in [0.25, 0.3) is 0 Å². The zero-order chi connectivity index (χ0) is 14.8. The van der Waals surface area contributed by atoms with Gasteiger partial charge in [-0.05, 0) is 44.6 Å². The molecule has 0 aromatic heterocycles. The molecule has 0 radical (unpaired) electrons. The van der Waals surface area contributed by atoms with Gasteiger partial charge in [-0.3, -0.25) is 0 Å². The van der Waals surface area contributed by atoms with Crippen molar-refractivity contribution in [1.82, 2.24) is 4.90 Å². The Morgan fingerprint density at radius 2 is 2.00 bits per heavy atom. The average Bonchev–Trinajstić information content (AvgIpc) is 2.44. The van der Waals surface area contributed by atoms with E-state index in [2.05, 4.69) is 18.9 Å². The Morgan fingerprint density at radius 3 is 2.70 bits per heavy atom. The van der Waals surface area contributed by atoms with Crippen LogP contribution in [0.3, 0.4) is 0 Å². The fourth-order valence-electron chi connectivity index (χ4n) is 1.99. The summed E-state index contributed by atoms with van der Waals surface area (Å²) in [5, 5.41) is 8.89. The van der Waals surface area contributed by atoms with E-state index in [1.807, 2.05) is 0 Å². The molecule has 4 nitrogen and oxygen atoms in total. The smallest absolute Gasteiger partial charge is 0.335 e. The highest BCUT2D eigenvalue weighted by atomic mass is 16.5. The maximum atomic E-state index is 10.8. The standard InChI is InChI=1S/C16H25NO3/c1-3-4-5-10-17(2)11-7-12-20-15-9-6-8-14(13-15)16(18)19/h6,8-9,13H,3-5,7,10-12H2,1-2H3,(H,18,19). The molecule has 0 aliphatic heterocycles. The summed E-state index contributed by atoms with van der Waals surface area (Å²) in [7, 11) is 2.13. The van der Waals surface area contributed by atoms with Gasteiger partial charge in [-0.15, -0.1) is 0 Å². The van der Waals surface area contributed by atoms with Crippen LogP contribution >= 0.6 is 0 Å². The molecule has 0 heterocycles. The lowest BCUT2D eigenvalue weighted by atomic mass is 10.2. The van der Waals surface area contributed by atoms with Gasteiger partial charge in [0.05, 0.1) is 12.2 Å². The Hall–Kier alpha value is -1.55. The molecule has 0 fully saturated rings. The van der Waals surface area contributed by atoms with Crippen molar-refractivity contribution in [3.63, 3.8) is 0 Å². The van der Waals surface area contributed by atoms with Crippen LogP contribution in [0.4, 0.5) is 0 Å². The number of nitrogens with zero attached hydrogens (tertiary/aromatic N) is 1. The number of rotatable bonds is 10. The molecule has 112 valence electrons. The van der Waals surface area contributed by atoms with Crippen LogP contribution in [0.5, 0.6) is 5.75 Å². The third kappa shape index (κ3) is 6.57. The van der Waals surface area contributed by atoms with Gasteiger partial charge in [-0.25, -0.2) is 4.79 Å². The molecule has 0 saturated heterocycles. The number of carboxylic acids is 1. The first kappa shape index (κ1) is 16.5. The van der Waals surface area contributed by atoms with E-state index in [4.69, 9.17) is 9.84 Å². The monoisotopic (exact) mass is 279 g/mol. The summed E-state index contributed by atoms with van der Waals surface area (Å²) in [5.41, 5.74) is 0.263. The van der Waals surface area contributed by atoms with Gasteiger partial charge in [0, 0.05) is 6.54 Å². The predicted octanol–water partition coefficient (Wildman–Crippen LogP) is 3.28. The lowest BCUT2D eigenvalue weighted by Crippen LogP contribution is -2.22. The minimum Gasteiger partial charge on any atom is -0.494 e. The van der Waals surface area contributed by atoms with Gasteiger partial charge < -0.3 is 14.7 Å². The molecule has 1 N–H and O–H groups in total. The van der Waals surface area contributed by atoms with Gasteiger partial charge in [0.1, 0.15) is 5.75 Å². The zero-order valence-corrected chi connectivity index (χ0v) is 12.5. The Labute approximate surface area is 121 Å². The highest BCUT2D eigenvalue weighted by Gasteiger charge is 2.04. The van der Waals surface area contributed by atoms with Crippen LogP contribution in [0.2, 0.25) is 0 Å². The van der Waals surface area contributed by atoms with E-state index in [0.29, 0.717) is 12.4 Å². The first-order valence-electron chi connectivity index (χ1n) is 7.28. The minimum absolute atomic E-state index is 0.263. The van der Waals surface area contributed by atoms with E-state index in [9.17, 15) is 4.79 Å². The van der Waals surface area contributed by atoms with Crippen molar-refractivity contribution in [1.29, 1.82) is 0 Å². The molecular formula is C16H25NO3. The van der Waals surface area contributed by atoms with Crippen molar-refractivity contribution in [2.24, 2.45) is 0 Å². The average molecular weight is 279 g/mol. The van der Waals surface area contributed by atoms with Crippen molar-refractivity contribution in [2.45, 2.75) is 32.6 Å². The molecule has 1 aromatic carbocycles. The van der Waals surface area contributed by atoms with Crippen LogP contribution in [-0.4, -0.2) is 42.7 Å². The van der Waals surface area contributed by atoms with Crippen molar-refractivity contribution in [2.75, 3.05) is 26.7 Å². The van der Waals surface area contributed by atoms with Crippen LogP contribution in [0, 0.1) is 0 Å². The first-order chi connectivity index (χ1) is 9.63.